The number of carbonyl (C=O) groups is 1. The van der Waals surface area contributed by atoms with Gasteiger partial charge in [-0.2, -0.15) is 5.26 Å². The van der Waals surface area contributed by atoms with Gasteiger partial charge in [-0.3, -0.25) is 4.79 Å². The highest BCUT2D eigenvalue weighted by Crippen LogP contribution is 2.36. The Labute approximate surface area is 164 Å². The van der Waals surface area contributed by atoms with Crippen molar-refractivity contribution >= 4 is 28.5 Å². The predicted octanol–water partition coefficient (Wildman–Crippen LogP) is 3.61. The van der Waals surface area contributed by atoms with Crippen molar-refractivity contribution in [1.82, 2.24) is 4.98 Å². The van der Waals surface area contributed by atoms with Crippen LogP contribution in [-0.2, 0) is 0 Å². The normalized spacial score (nSPS) is 12.5. The van der Waals surface area contributed by atoms with Crippen molar-refractivity contribution in [1.29, 1.82) is 5.26 Å². The number of ether oxygens (including phenoxy) is 2. The zero-order valence-corrected chi connectivity index (χ0v) is 15.3. The third kappa shape index (κ3) is 3.39. The van der Waals surface area contributed by atoms with Crippen molar-refractivity contribution < 1.29 is 14.3 Å². The van der Waals surface area contributed by atoms with Crippen molar-refractivity contribution in [2.75, 3.05) is 12.1 Å². The molecular weight excluding hydrogens is 376 g/mol. The number of nitrogens with two attached hydrogens (primary N) is 1. The Bertz CT molecular complexity index is 1130. The first kappa shape index (κ1) is 17.6. The molecule has 7 nitrogen and oxygen atoms in total. The Morgan fingerprint density at radius 3 is 2.89 bits per heavy atom. The number of thiazole rings is 1. The number of nitrogens with zero attached hydrogens (tertiary/aromatic N) is 2. The third-order valence-corrected chi connectivity index (χ3v) is 4.96. The van der Waals surface area contributed by atoms with Crippen LogP contribution in [-0.4, -0.2) is 17.7 Å². The van der Waals surface area contributed by atoms with Gasteiger partial charge >= 0.3 is 0 Å². The highest BCUT2D eigenvalue weighted by molar-refractivity contribution is 7.11. The van der Waals surface area contributed by atoms with E-state index in [1.807, 2.05) is 23.6 Å². The number of benzene rings is 2. The number of primary amides is 1. The van der Waals surface area contributed by atoms with Crippen LogP contribution in [0.4, 0.5) is 5.69 Å². The second-order valence-corrected chi connectivity index (χ2v) is 6.69. The van der Waals surface area contributed by atoms with E-state index in [9.17, 15) is 10.1 Å². The predicted molar refractivity (Wildman–Crippen MR) is 106 cm³/mol. The summed E-state index contributed by atoms with van der Waals surface area (Å²) in [5, 5.41) is 14.9. The zero-order chi connectivity index (χ0) is 19.5. The minimum atomic E-state index is -0.547. The van der Waals surface area contributed by atoms with Crippen LogP contribution in [0.2, 0.25) is 0 Å². The zero-order valence-electron chi connectivity index (χ0n) is 14.5. The number of carbonyl (C=O) groups excluding carboxylic acids is 1. The number of nitriles is 1. The van der Waals surface area contributed by atoms with Crippen LogP contribution in [0.3, 0.4) is 0 Å². The number of allylic oxidation sites excluding steroid dienone is 1. The summed E-state index contributed by atoms with van der Waals surface area (Å²) in [7, 11) is 0. The van der Waals surface area contributed by atoms with Gasteiger partial charge in [0.1, 0.15) is 16.6 Å². The Morgan fingerprint density at radius 2 is 2.07 bits per heavy atom. The first-order chi connectivity index (χ1) is 13.7. The maximum absolute atomic E-state index is 11.5. The average molecular weight is 390 g/mol. The van der Waals surface area contributed by atoms with E-state index in [4.69, 9.17) is 15.2 Å². The van der Waals surface area contributed by atoms with Crippen LogP contribution in [0.25, 0.3) is 16.8 Å². The van der Waals surface area contributed by atoms with E-state index < -0.39 is 5.91 Å². The monoisotopic (exact) mass is 390 g/mol. The van der Waals surface area contributed by atoms with E-state index in [0.717, 1.165) is 11.3 Å². The van der Waals surface area contributed by atoms with Gasteiger partial charge in [0.25, 0.3) is 5.91 Å². The molecule has 8 heteroatoms. The Balaban J connectivity index is 1.59. The lowest BCUT2D eigenvalue weighted by molar-refractivity contribution is 0.100. The van der Waals surface area contributed by atoms with Crippen LogP contribution < -0.4 is 20.5 Å². The summed E-state index contributed by atoms with van der Waals surface area (Å²) in [6.07, 6.45) is 1.52. The summed E-state index contributed by atoms with van der Waals surface area (Å²) in [5.41, 5.74) is 8.19. The third-order valence-electron chi connectivity index (χ3n) is 4.09. The van der Waals surface area contributed by atoms with Gasteiger partial charge in [-0.1, -0.05) is 12.1 Å². The molecule has 0 atom stereocenters. The van der Waals surface area contributed by atoms with E-state index in [0.29, 0.717) is 33.3 Å². The van der Waals surface area contributed by atoms with E-state index in [2.05, 4.69) is 16.4 Å². The molecule has 0 saturated carbocycles. The standard InChI is InChI=1S/C20H14N4O3S/c21-8-13(9-23-15-4-2-1-3-14(15)19(22)25)20-24-16(10-28-20)12-5-6-17-18(7-12)27-11-26-17/h1-7,9-10,23H,11H2,(H2,22,25). The molecule has 28 heavy (non-hydrogen) atoms. The van der Waals surface area contributed by atoms with Crippen LogP contribution in [0.15, 0.2) is 54.0 Å². The largest absolute Gasteiger partial charge is 0.454 e. The number of aromatic nitrogens is 1. The first-order valence-corrected chi connectivity index (χ1v) is 9.15. The Morgan fingerprint density at radius 1 is 1.25 bits per heavy atom. The number of fused-ring (bicyclic) bond motifs is 1. The van der Waals surface area contributed by atoms with Gasteiger partial charge in [0.05, 0.1) is 16.9 Å². The molecule has 2 aromatic carbocycles. The SMILES string of the molecule is N#CC(=CNc1ccccc1C(N)=O)c1nc(-c2ccc3c(c2)OCO3)cs1. The summed E-state index contributed by atoms with van der Waals surface area (Å²) in [5.74, 6) is 0.830. The molecule has 4 rings (SSSR count). The number of hydrogen-bond donors (Lipinski definition) is 2. The molecule has 0 bridgehead atoms. The van der Waals surface area contributed by atoms with Crippen molar-refractivity contribution in [2.24, 2.45) is 5.73 Å². The Kier molecular flexibility index (Phi) is 4.66. The van der Waals surface area contributed by atoms with Crippen molar-refractivity contribution in [3.8, 4) is 28.8 Å². The number of nitrogens with one attached hydrogen (secondary N) is 1. The van der Waals surface area contributed by atoms with Crippen LogP contribution in [0.5, 0.6) is 11.5 Å². The molecule has 3 aromatic rings. The molecule has 3 N–H and O–H groups in total. The summed E-state index contributed by atoms with van der Waals surface area (Å²) in [6.45, 7) is 0.209. The topological polar surface area (TPSA) is 110 Å². The van der Waals surface area contributed by atoms with Crippen molar-refractivity contribution in [2.45, 2.75) is 0 Å². The molecule has 1 aliphatic heterocycles. The van der Waals surface area contributed by atoms with Gasteiger partial charge in [-0.05, 0) is 30.3 Å². The van der Waals surface area contributed by atoms with E-state index >= 15 is 0 Å². The molecule has 0 radical (unpaired) electrons. The molecular formula is C20H14N4O3S. The lowest BCUT2D eigenvalue weighted by Gasteiger charge is -2.06. The van der Waals surface area contributed by atoms with E-state index in [1.54, 1.807) is 24.3 Å². The molecule has 0 spiro atoms. The van der Waals surface area contributed by atoms with Crippen molar-refractivity contribution in [3.63, 3.8) is 0 Å². The van der Waals surface area contributed by atoms with Gasteiger partial charge in [0, 0.05) is 17.1 Å². The van der Waals surface area contributed by atoms with Gasteiger partial charge in [-0.15, -0.1) is 11.3 Å². The maximum Gasteiger partial charge on any atom is 0.250 e. The van der Waals surface area contributed by atoms with E-state index in [1.165, 1.54) is 17.5 Å². The smallest absolute Gasteiger partial charge is 0.250 e. The highest BCUT2D eigenvalue weighted by atomic mass is 32.1. The van der Waals surface area contributed by atoms with Gasteiger partial charge in [0.15, 0.2) is 11.5 Å². The number of para-hydroxylation sites is 1. The number of anilines is 1. The number of rotatable bonds is 5. The quantitative estimate of drug-likeness (QED) is 0.644. The molecule has 1 amide bonds. The van der Waals surface area contributed by atoms with Crippen LogP contribution in [0.1, 0.15) is 15.4 Å². The van der Waals surface area contributed by atoms with Gasteiger partial charge in [-0.25, -0.2) is 4.98 Å². The summed E-state index contributed by atoms with van der Waals surface area (Å²) >= 11 is 1.35. The molecule has 0 saturated heterocycles. The lowest BCUT2D eigenvalue weighted by Crippen LogP contribution is -2.13. The van der Waals surface area contributed by atoms with Crippen LogP contribution in [0, 0.1) is 11.3 Å². The molecule has 0 unspecified atom stereocenters. The van der Waals surface area contributed by atoms with Gasteiger partial charge in [0.2, 0.25) is 6.79 Å². The highest BCUT2D eigenvalue weighted by Gasteiger charge is 2.16. The minimum absolute atomic E-state index is 0.209. The summed E-state index contributed by atoms with van der Waals surface area (Å²) in [6, 6.07) is 14.5. The van der Waals surface area contributed by atoms with Crippen molar-refractivity contribution in [3.05, 3.63) is 64.6 Å². The first-order valence-electron chi connectivity index (χ1n) is 8.27. The van der Waals surface area contributed by atoms with Crippen LogP contribution >= 0.6 is 11.3 Å². The summed E-state index contributed by atoms with van der Waals surface area (Å²) < 4.78 is 10.7. The molecule has 0 aliphatic carbocycles. The second-order valence-electron chi connectivity index (χ2n) is 5.83. The molecule has 2 heterocycles. The van der Waals surface area contributed by atoms with Gasteiger partial charge < -0.3 is 20.5 Å². The lowest BCUT2D eigenvalue weighted by atomic mass is 10.1. The molecule has 0 fully saturated rings. The molecule has 1 aliphatic rings. The fourth-order valence-corrected chi connectivity index (χ4v) is 3.50. The Hall–Kier alpha value is -3.83. The maximum atomic E-state index is 11.5. The average Bonchev–Trinajstić information content (AvgIpc) is 3.37. The fraction of sp³-hybridized carbons (Fsp3) is 0.0500. The summed E-state index contributed by atoms with van der Waals surface area (Å²) in [4.78, 5) is 16.1. The number of hydrogen-bond acceptors (Lipinski definition) is 7. The number of amides is 1. The molecule has 1 aromatic heterocycles. The van der Waals surface area contributed by atoms with E-state index in [-0.39, 0.29) is 6.79 Å². The minimum Gasteiger partial charge on any atom is -0.454 e. The second kappa shape index (κ2) is 7.42. The molecule has 138 valence electrons. The fourth-order valence-electron chi connectivity index (χ4n) is 2.70.